The zero-order valence-corrected chi connectivity index (χ0v) is 13.3. The van der Waals surface area contributed by atoms with Gasteiger partial charge in [-0.1, -0.05) is 39.5 Å². The van der Waals surface area contributed by atoms with E-state index in [2.05, 4.69) is 12.2 Å². The summed E-state index contributed by atoms with van der Waals surface area (Å²) in [5.41, 5.74) is 0. The standard InChI is InChI=1S/C17H29NO3/c1-11-3-5-13(6-4-11)7-8-18-16(19)14-9-12(2)10-15(14)17(20)21/h11-15H,3-10H2,1-2H3,(H,18,19)(H,20,21). The van der Waals surface area contributed by atoms with Crippen LogP contribution in [-0.2, 0) is 9.59 Å². The quantitative estimate of drug-likeness (QED) is 0.819. The molecule has 0 aromatic heterocycles. The lowest BCUT2D eigenvalue weighted by Crippen LogP contribution is -2.36. The van der Waals surface area contributed by atoms with Crippen molar-refractivity contribution in [2.75, 3.05) is 6.54 Å². The monoisotopic (exact) mass is 295 g/mol. The zero-order valence-electron chi connectivity index (χ0n) is 13.3. The van der Waals surface area contributed by atoms with Crippen LogP contribution in [0.5, 0.6) is 0 Å². The van der Waals surface area contributed by atoms with Crippen LogP contribution in [-0.4, -0.2) is 23.5 Å². The summed E-state index contributed by atoms with van der Waals surface area (Å²) in [6.07, 6.45) is 7.54. The molecule has 2 N–H and O–H groups in total. The smallest absolute Gasteiger partial charge is 0.307 e. The van der Waals surface area contributed by atoms with Crippen LogP contribution in [0.3, 0.4) is 0 Å². The molecule has 0 bridgehead atoms. The van der Waals surface area contributed by atoms with Crippen molar-refractivity contribution in [1.82, 2.24) is 5.32 Å². The van der Waals surface area contributed by atoms with Gasteiger partial charge < -0.3 is 10.4 Å². The van der Waals surface area contributed by atoms with Crippen molar-refractivity contribution in [3.05, 3.63) is 0 Å². The van der Waals surface area contributed by atoms with Crippen LogP contribution in [0, 0.1) is 29.6 Å². The van der Waals surface area contributed by atoms with E-state index in [1.165, 1.54) is 25.7 Å². The lowest BCUT2D eigenvalue weighted by molar-refractivity contribution is -0.146. The molecule has 0 spiro atoms. The minimum absolute atomic E-state index is 0.0454. The average Bonchev–Trinajstić information content (AvgIpc) is 2.83. The first-order chi connectivity index (χ1) is 9.97. The van der Waals surface area contributed by atoms with E-state index in [1.54, 1.807) is 0 Å². The van der Waals surface area contributed by atoms with Crippen molar-refractivity contribution >= 4 is 11.9 Å². The van der Waals surface area contributed by atoms with Crippen LogP contribution in [0.2, 0.25) is 0 Å². The van der Waals surface area contributed by atoms with Crippen LogP contribution in [0.1, 0.15) is 58.8 Å². The fraction of sp³-hybridized carbons (Fsp3) is 0.882. The van der Waals surface area contributed by atoms with E-state index in [1.807, 2.05) is 6.92 Å². The van der Waals surface area contributed by atoms with Gasteiger partial charge in [0.1, 0.15) is 0 Å². The summed E-state index contributed by atoms with van der Waals surface area (Å²) in [5.74, 6) is 0.240. The van der Waals surface area contributed by atoms with Gasteiger partial charge in [0.25, 0.3) is 0 Å². The van der Waals surface area contributed by atoms with Gasteiger partial charge in [0, 0.05) is 6.54 Å². The molecule has 1 amide bonds. The summed E-state index contributed by atoms with van der Waals surface area (Å²) in [6.45, 7) is 5.05. The lowest BCUT2D eigenvalue weighted by Gasteiger charge is -2.26. The zero-order chi connectivity index (χ0) is 15.4. The first kappa shape index (κ1) is 16.3. The predicted octanol–water partition coefficient (Wildman–Crippen LogP) is 3.07. The summed E-state index contributed by atoms with van der Waals surface area (Å²) < 4.78 is 0. The molecule has 0 heterocycles. The van der Waals surface area contributed by atoms with Crippen LogP contribution < -0.4 is 5.32 Å². The summed E-state index contributed by atoms with van der Waals surface area (Å²) in [7, 11) is 0. The molecule has 2 aliphatic carbocycles. The molecule has 2 saturated carbocycles. The van der Waals surface area contributed by atoms with Crippen LogP contribution in [0.15, 0.2) is 0 Å². The number of carboxylic acid groups (broad SMARTS) is 1. The Kier molecular flexibility index (Phi) is 5.65. The van der Waals surface area contributed by atoms with Gasteiger partial charge in [-0.25, -0.2) is 0 Å². The maximum absolute atomic E-state index is 12.2. The van der Waals surface area contributed by atoms with Crippen molar-refractivity contribution in [3.63, 3.8) is 0 Å². The third kappa shape index (κ3) is 4.45. The van der Waals surface area contributed by atoms with Crippen molar-refractivity contribution in [1.29, 1.82) is 0 Å². The number of rotatable bonds is 5. The van der Waals surface area contributed by atoms with E-state index in [9.17, 15) is 14.7 Å². The Balaban J connectivity index is 1.73. The first-order valence-electron chi connectivity index (χ1n) is 8.48. The van der Waals surface area contributed by atoms with E-state index < -0.39 is 11.9 Å². The van der Waals surface area contributed by atoms with E-state index >= 15 is 0 Å². The van der Waals surface area contributed by atoms with Gasteiger partial charge in [-0.3, -0.25) is 9.59 Å². The van der Waals surface area contributed by atoms with Gasteiger partial charge in [-0.2, -0.15) is 0 Å². The molecule has 4 nitrogen and oxygen atoms in total. The number of hydrogen-bond donors (Lipinski definition) is 2. The summed E-state index contributed by atoms with van der Waals surface area (Å²) in [6, 6.07) is 0. The van der Waals surface area contributed by atoms with Gasteiger partial charge in [-0.15, -0.1) is 0 Å². The largest absolute Gasteiger partial charge is 0.481 e. The predicted molar refractivity (Wildman–Crippen MR) is 81.8 cm³/mol. The molecule has 21 heavy (non-hydrogen) atoms. The van der Waals surface area contributed by atoms with Gasteiger partial charge >= 0.3 is 5.97 Å². The number of carbonyl (C=O) groups excluding carboxylic acids is 1. The topological polar surface area (TPSA) is 66.4 Å². The molecule has 120 valence electrons. The van der Waals surface area contributed by atoms with Crippen LogP contribution in [0.4, 0.5) is 0 Å². The number of hydrogen-bond acceptors (Lipinski definition) is 2. The highest BCUT2D eigenvalue weighted by Gasteiger charge is 2.41. The van der Waals surface area contributed by atoms with Gasteiger partial charge in [0.05, 0.1) is 11.8 Å². The molecule has 4 heteroatoms. The fourth-order valence-electron chi connectivity index (χ4n) is 4.00. The number of carbonyl (C=O) groups is 2. The second-order valence-electron chi connectivity index (χ2n) is 7.33. The Bertz CT molecular complexity index is 374. The van der Waals surface area contributed by atoms with E-state index in [0.29, 0.717) is 25.3 Å². The molecule has 0 saturated heterocycles. The van der Waals surface area contributed by atoms with Crippen LogP contribution >= 0.6 is 0 Å². The Hall–Kier alpha value is -1.06. The molecule has 3 atom stereocenters. The Labute approximate surface area is 127 Å². The number of nitrogens with one attached hydrogen (secondary N) is 1. The number of carboxylic acids is 1. The van der Waals surface area contributed by atoms with Crippen molar-refractivity contribution < 1.29 is 14.7 Å². The van der Waals surface area contributed by atoms with Gasteiger partial charge in [0.15, 0.2) is 0 Å². The minimum Gasteiger partial charge on any atom is -0.481 e. The fourth-order valence-corrected chi connectivity index (χ4v) is 4.00. The number of aliphatic carboxylic acids is 1. The Morgan fingerprint density at radius 2 is 1.62 bits per heavy atom. The molecule has 0 aromatic carbocycles. The Morgan fingerprint density at radius 3 is 2.24 bits per heavy atom. The highest BCUT2D eigenvalue weighted by Crippen LogP contribution is 2.36. The summed E-state index contributed by atoms with van der Waals surface area (Å²) in [4.78, 5) is 23.5. The highest BCUT2D eigenvalue weighted by molar-refractivity contribution is 5.85. The first-order valence-corrected chi connectivity index (χ1v) is 8.48. The molecular formula is C17H29NO3. The molecule has 0 aromatic rings. The SMILES string of the molecule is CC1CCC(CCNC(=O)C2CC(C)CC2C(=O)O)CC1. The van der Waals surface area contributed by atoms with Crippen molar-refractivity contribution in [2.45, 2.75) is 58.8 Å². The van der Waals surface area contributed by atoms with Crippen molar-refractivity contribution in [2.24, 2.45) is 29.6 Å². The normalized spacial score (nSPS) is 36.4. The lowest BCUT2D eigenvalue weighted by atomic mass is 9.81. The average molecular weight is 295 g/mol. The second-order valence-corrected chi connectivity index (χ2v) is 7.33. The molecule has 3 unspecified atom stereocenters. The van der Waals surface area contributed by atoms with Crippen molar-refractivity contribution in [3.8, 4) is 0 Å². The van der Waals surface area contributed by atoms with Crippen LogP contribution in [0.25, 0.3) is 0 Å². The summed E-state index contributed by atoms with van der Waals surface area (Å²) in [5, 5.41) is 12.2. The van der Waals surface area contributed by atoms with E-state index in [-0.39, 0.29) is 11.8 Å². The summed E-state index contributed by atoms with van der Waals surface area (Å²) >= 11 is 0. The highest BCUT2D eigenvalue weighted by atomic mass is 16.4. The molecule has 2 fully saturated rings. The third-order valence-electron chi connectivity index (χ3n) is 5.44. The van der Waals surface area contributed by atoms with E-state index in [0.717, 1.165) is 18.3 Å². The minimum atomic E-state index is -0.819. The van der Waals surface area contributed by atoms with Gasteiger partial charge in [-0.05, 0) is 37.0 Å². The maximum atomic E-state index is 12.2. The second kappa shape index (κ2) is 7.28. The molecule has 2 rings (SSSR count). The third-order valence-corrected chi connectivity index (χ3v) is 5.44. The Morgan fingerprint density at radius 1 is 1.00 bits per heavy atom. The molecule has 2 aliphatic rings. The molecular weight excluding hydrogens is 266 g/mol. The maximum Gasteiger partial charge on any atom is 0.307 e. The molecule has 0 radical (unpaired) electrons. The van der Waals surface area contributed by atoms with E-state index in [4.69, 9.17) is 0 Å². The number of amides is 1. The molecule has 0 aliphatic heterocycles. The van der Waals surface area contributed by atoms with Gasteiger partial charge in [0.2, 0.25) is 5.91 Å².